The lowest BCUT2D eigenvalue weighted by molar-refractivity contribution is -0.123. The molecule has 0 aromatic heterocycles. The number of carbonyl (C=O) groups is 2. The molecule has 2 aliphatic rings. The number of rotatable bonds is 4. The maximum Gasteiger partial charge on any atom is 0.301 e. The van der Waals surface area contributed by atoms with Crippen molar-refractivity contribution in [2.45, 2.75) is 6.42 Å². The van der Waals surface area contributed by atoms with Gasteiger partial charge in [-0.3, -0.25) is 15.0 Å². The third-order valence-electron chi connectivity index (χ3n) is 4.48. The van der Waals surface area contributed by atoms with E-state index in [4.69, 9.17) is 4.84 Å². The monoisotopic (exact) mass is 362 g/mol. The zero-order valence-corrected chi connectivity index (χ0v) is 14.6. The number of anilines is 2. The fourth-order valence-electron chi connectivity index (χ4n) is 3.15. The third kappa shape index (κ3) is 3.15. The predicted octanol–water partition coefficient (Wildman–Crippen LogP) is 2.01. The summed E-state index contributed by atoms with van der Waals surface area (Å²) in [7, 11) is 0. The maximum absolute atomic E-state index is 12.5. The Hall–Kier alpha value is -3.61. The number of nitrogens with one attached hydrogen (secondary N) is 1. The highest BCUT2D eigenvalue weighted by Gasteiger charge is 2.33. The van der Waals surface area contributed by atoms with Gasteiger partial charge < -0.3 is 9.74 Å². The van der Waals surface area contributed by atoms with Crippen LogP contribution in [0, 0.1) is 0 Å². The van der Waals surface area contributed by atoms with Gasteiger partial charge in [0.25, 0.3) is 5.91 Å². The quantitative estimate of drug-likeness (QED) is 0.845. The molecule has 27 heavy (non-hydrogen) atoms. The number of para-hydroxylation sites is 2. The second-order valence-electron chi connectivity index (χ2n) is 6.20. The number of benzene rings is 2. The van der Waals surface area contributed by atoms with Crippen LogP contribution in [0.3, 0.4) is 0 Å². The number of hydrogen-bond donors (Lipinski definition) is 1. The molecule has 0 saturated carbocycles. The molecule has 136 valence electrons. The molecule has 1 fully saturated rings. The van der Waals surface area contributed by atoms with Gasteiger partial charge in [0.1, 0.15) is 0 Å². The second kappa shape index (κ2) is 6.95. The fraction of sp³-hybridized carbons (Fsp3) is 0.150. The van der Waals surface area contributed by atoms with Crippen molar-refractivity contribution in [2.24, 2.45) is 5.16 Å². The summed E-state index contributed by atoms with van der Waals surface area (Å²) in [5.41, 5.74) is 5.93. The minimum Gasteiger partial charge on any atom is -0.385 e. The molecule has 2 heterocycles. The first-order valence-corrected chi connectivity index (χ1v) is 8.59. The predicted molar refractivity (Wildman–Crippen MR) is 102 cm³/mol. The molecule has 2 aliphatic heterocycles. The van der Waals surface area contributed by atoms with E-state index in [0.717, 1.165) is 17.7 Å². The Bertz CT molecular complexity index is 939. The van der Waals surface area contributed by atoms with E-state index in [1.807, 2.05) is 42.5 Å². The Balaban J connectivity index is 1.41. The van der Waals surface area contributed by atoms with Crippen molar-refractivity contribution in [2.75, 3.05) is 23.1 Å². The molecule has 2 aromatic carbocycles. The molecule has 0 bridgehead atoms. The van der Waals surface area contributed by atoms with E-state index in [9.17, 15) is 9.59 Å². The van der Waals surface area contributed by atoms with Crippen LogP contribution in [-0.2, 0) is 20.8 Å². The molecule has 0 radical (unpaired) electrons. The molecule has 0 atom stereocenters. The van der Waals surface area contributed by atoms with Crippen molar-refractivity contribution in [1.29, 1.82) is 0 Å². The van der Waals surface area contributed by atoms with E-state index in [2.05, 4.69) is 17.2 Å². The Morgan fingerprint density at radius 2 is 1.89 bits per heavy atom. The highest BCUT2D eigenvalue weighted by molar-refractivity contribution is 6.51. The molecule has 2 aromatic rings. The van der Waals surface area contributed by atoms with Crippen molar-refractivity contribution in [3.8, 4) is 0 Å². The van der Waals surface area contributed by atoms with Gasteiger partial charge in [-0.2, -0.15) is 0 Å². The maximum atomic E-state index is 12.5. The van der Waals surface area contributed by atoms with Crippen LogP contribution in [0.1, 0.15) is 5.56 Å². The Kier molecular flexibility index (Phi) is 4.33. The Labute approximate surface area is 156 Å². The second-order valence-corrected chi connectivity index (χ2v) is 6.20. The minimum absolute atomic E-state index is 0.0495. The molecular formula is C20H18N4O3. The van der Waals surface area contributed by atoms with Crippen molar-refractivity contribution in [3.05, 3.63) is 72.4 Å². The van der Waals surface area contributed by atoms with E-state index in [1.165, 1.54) is 5.01 Å². The molecule has 7 heteroatoms. The molecular weight excluding hydrogens is 344 g/mol. The first kappa shape index (κ1) is 16.8. The summed E-state index contributed by atoms with van der Waals surface area (Å²) in [6.07, 6.45) is 0.821. The van der Waals surface area contributed by atoms with Gasteiger partial charge in [-0.25, -0.2) is 5.01 Å². The molecule has 4 rings (SSSR count). The van der Waals surface area contributed by atoms with E-state index >= 15 is 0 Å². The number of nitrogens with zero attached hydrogens (tertiary/aromatic N) is 3. The SMILES string of the molecule is C=C1NN(c2ccccc2)C(=O)/C1=N/OCC(=O)N1CCc2ccccc21. The first-order chi connectivity index (χ1) is 13.1. The highest BCUT2D eigenvalue weighted by atomic mass is 16.6. The molecule has 1 saturated heterocycles. The number of fused-ring (bicyclic) bond motifs is 1. The van der Waals surface area contributed by atoms with Crippen LogP contribution >= 0.6 is 0 Å². The van der Waals surface area contributed by atoms with E-state index in [0.29, 0.717) is 17.9 Å². The Morgan fingerprint density at radius 3 is 2.70 bits per heavy atom. The molecule has 0 aliphatic carbocycles. The van der Waals surface area contributed by atoms with Crippen LogP contribution in [-0.4, -0.2) is 30.7 Å². The standard InChI is InChI=1S/C20H18N4O3/c1-14-19(20(26)24(21-14)16-8-3-2-4-9-16)22-27-13-18(25)23-12-11-15-7-5-6-10-17(15)23/h2-10,21H,1,11-13H2/b22-19+. The van der Waals surface area contributed by atoms with Crippen molar-refractivity contribution in [1.82, 2.24) is 5.43 Å². The van der Waals surface area contributed by atoms with Crippen LogP contribution in [0.2, 0.25) is 0 Å². The van der Waals surface area contributed by atoms with Gasteiger partial charge in [-0.15, -0.1) is 0 Å². The number of amides is 2. The van der Waals surface area contributed by atoms with Gasteiger partial charge in [-0.1, -0.05) is 48.1 Å². The van der Waals surface area contributed by atoms with E-state index in [1.54, 1.807) is 17.0 Å². The van der Waals surface area contributed by atoms with Gasteiger partial charge in [-0.05, 0) is 30.2 Å². The zero-order valence-electron chi connectivity index (χ0n) is 14.6. The highest BCUT2D eigenvalue weighted by Crippen LogP contribution is 2.27. The smallest absolute Gasteiger partial charge is 0.301 e. The summed E-state index contributed by atoms with van der Waals surface area (Å²) in [6.45, 7) is 4.16. The number of hydrogen-bond acceptors (Lipinski definition) is 5. The van der Waals surface area contributed by atoms with Crippen LogP contribution in [0.4, 0.5) is 11.4 Å². The van der Waals surface area contributed by atoms with Crippen molar-refractivity contribution < 1.29 is 14.4 Å². The van der Waals surface area contributed by atoms with Crippen LogP contribution in [0.25, 0.3) is 0 Å². The van der Waals surface area contributed by atoms with Crippen molar-refractivity contribution >= 4 is 28.9 Å². The first-order valence-electron chi connectivity index (χ1n) is 8.59. The fourth-order valence-corrected chi connectivity index (χ4v) is 3.15. The topological polar surface area (TPSA) is 74.2 Å². The molecule has 0 unspecified atom stereocenters. The number of carbonyl (C=O) groups excluding carboxylic acids is 2. The average molecular weight is 362 g/mol. The zero-order chi connectivity index (χ0) is 18.8. The lowest BCUT2D eigenvalue weighted by atomic mass is 10.2. The Morgan fingerprint density at radius 1 is 1.15 bits per heavy atom. The van der Waals surface area contributed by atoms with Crippen LogP contribution in [0.5, 0.6) is 0 Å². The summed E-state index contributed by atoms with van der Waals surface area (Å²) in [4.78, 5) is 31.8. The summed E-state index contributed by atoms with van der Waals surface area (Å²) < 4.78 is 0. The lowest BCUT2D eigenvalue weighted by Gasteiger charge is -2.16. The van der Waals surface area contributed by atoms with Gasteiger partial charge in [0.05, 0.1) is 11.4 Å². The molecule has 0 spiro atoms. The van der Waals surface area contributed by atoms with Crippen LogP contribution in [0.15, 0.2) is 72.0 Å². The number of hydrazine groups is 1. The molecule has 7 nitrogen and oxygen atoms in total. The van der Waals surface area contributed by atoms with Gasteiger partial charge in [0, 0.05) is 12.2 Å². The van der Waals surface area contributed by atoms with Gasteiger partial charge >= 0.3 is 5.91 Å². The van der Waals surface area contributed by atoms with Crippen LogP contribution < -0.4 is 15.3 Å². The molecule has 1 N–H and O–H groups in total. The van der Waals surface area contributed by atoms with Gasteiger partial charge in [0.15, 0.2) is 12.3 Å². The van der Waals surface area contributed by atoms with E-state index < -0.39 is 0 Å². The molecule has 2 amide bonds. The number of oxime groups is 1. The lowest BCUT2D eigenvalue weighted by Crippen LogP contribution is -2.34. The van der Waals surface area contributed by atoms with Gasteiger partial charge in [0.2, 0.25) is 0 Å². The normalized spacial score (nSPS) is 17.3. The van der Waals surface area contributed by atoms with E-state index in [-0.39, 0.29) is 24.1 Å². The average Bonchev–Trinajstić information content (AvgIpc) is 3.24. The largest absolute Gasteiger partial charge is 0.385 e. The van der Waals surface area contributed by atoms with Crippen molar-refractivity contribution in [3.63, 3.8) is 0 Å². The summed E-state index contributed by atoms with van der Waals surface area (Å²) in [6, 6.07) is 16.9. The minimum atomic E-state index is -0.384. The summed E-state index contributed by atoms with van der Waals surface area (Å²) in [5.74, 6) is -0.585. The third-order valence-corrected chi connectivity index (χ3v) is 4.48. The summed E-state index contributed by atoms with van der Waals surface area (Å²) >= 11 is 0. The summed E-state index contributed by atoms with van der Waals surface area (Å²) in [5, 5.41) is 5.18.